The summed E-state index contributed by atoms with van der Waals surface area (Å²) >= 11 is 0. The third-order valence-electron chi connectivity index (χ3n) is 4.81. The van der Waals surface area contributed by atoms with E-state index in [4.69, 9.17) is 10.5 Å². The van der Waals surface area contributed by atoms with Gasteiger partial charge in [0, 0.05) is 36.6 Å². The zero-order valence-corrected chi connectivity index (χ0v) is 16.3. The number of rotatable bonds is 4. The van der Waals surface area contributed by atoms with E-state index in [-0.39, 0.29) is 18.2 Å². The number of benzene rings is 1. The summed E-state index contributed by atoms with van der Waals surface area (Å²) in [6, 6.07) is 6.38. The maximum Gasteiger partial charge on any atom is 0.255 e. The molecule has 0 saturated heterocycles. The number of nitrogens with zero attached hydrogens (tertiary/aromatic N) is 1. The smallest absolute Gasteiger partial charge is 0.255 e. The first-order chi connectivity index (χ1) is 14.6. The van der Waals surface area contributed by atoms with Crippen LogP contribution in [0.3, 0.4) is 0 Å². The summed E-state index contributed by atoms with van der Waals surface area (Å²) in [5.74, 6) is 5.20. The van der Waals surface area contributed by atoms with E-state index in [1.54, 1.807) is 24.5 Å². The normalized spacial score (nSPS) is 12.4. The Morgan fingerprint density at radius 2 is 2.23 bits per heavy atom. The molecule has 0 aliphatic carbocycles. The predicted molar refractivity (Wildman–Crippen MR) is 112 cm³/mol. The van der Waals surface area contributed by atoms with Gasteiger partial charge >= 0.3 is 0 Å². The van der Waals surface area contributed by atoms with Gasteiger partial charge in [-0.2, -0.15) is 0 Å². The van der Waals surface area contributed by atoms with E-state index in [0.717, 1.165) is 11.3 Å². The van der Waals surface area contributed by atoms with E-state index in [0.29, 0.717) is 41.2 Å². The third kappa shape index (κ3) is 3.47. The Morgan fingerprint density at radius 1 is 1.37 bits per heavy atom. The number of carbonyl (C=O) groups is 1. The van der Waals surface area contributed by atoms with Crippen LogP contribution in [-0.4, -0.2) is 36.1 Å². The molecule has 8 heteroatoms. The van der Waals surface area contributed by atoms with E-state index < -0.39 is 5.82 Å². The third-order valence-corrected chi connectivity index (χ3v) is 4.81. The quantitative estimate of drug-likeness (QED) is 0.500. The van der Waals surface area contributed by atoms with Crippen molar-refractivity contribution in [3.8, 4) is 28.8 Å². The number of hydrogen-bond acceptors (Lipinski definition) is 5. The van der Waals surface area contributed by atoms with Crippen molar-refractivity contribution < 1.29 is 13.9 Å². The Morgan fingerprint density at radius 3 is 3.03 bits per heavy atom. The number of pyridine rings is 1. The summed E-state index contributed by atoms with van der Waals surface area (Å²) in [6.45, 7) is 0.744. The molecule has 0 spiro atoms. The maximum atomic E-state index is 14.2. The average Bonchev–Trinajstić information content (AvgIpc) is 3.12. The Hall–Kier alpha value is -3.83. The summed E-state index contributed by atoms with van der Waals surface area (Å²) in [6.07, 6.45) is 3.94. The molecule has 1 amide bonds. The molecular weight excluding hydrogens is 385 g/mol. The van der Waals surface area contributed by atoms with Gasteiger partial charge in [0.15, 0.2) is 11.6 Å². The molecule has 1 aliphatic rings. The van der Waals surface area contributed by atoms with Gasteiger partial charge in [0.25, 0.3) is 5.91 Å². The molecule has 0 atom stereocenters. The predicted octanol–water partition coefficient (Wildman–Crippen LogP) is 2.56. The number of halogens is 1. The zero-order valence-electron chi connectivity index (χ0n) is 16.3. The molecule has 0 saturated carbocycles. The van der Waals surface area contributed by atoms with Gasteiger partial charge in [0.2, 0.25) is 0 Å². The number of anilines is 2. The molecular formula is C22H20FN5O2. The van der Waals surface area contributed by atoms with Gasteiger partial charge in [0.1, 0.15) is 0 Å². The van der Waals surface area contributed by atoms with Crippen molar-refractivity contribution in [2.75, 3.05) is 25.5 Å². The maximum absolute atomic E-state index is 14.2. The molecule has 4 rings (SSSR count). The summed E-state index contributed by atoms with van der Waals surface area (Å²) in [4.78, 5) is 20.2. The SMILES string of the molecule is COc1c(F)cccc1Nc1c(-c2ccncc2C#CCN)[nH]c2c1C(=O)NCC2. The number of fused-ring (bicyclic) bond motifs is 1. The largest absolute Gasteiger partial charge is 0.492 e. The molecule has 0 fully saturated rings. The van der Waals surface area contributed by atoms with Crippen molar-refractivity contribution in [1.29, 1.82) is 0 Å². The molecule has 1 aromatic carbocycles. The fraction of sp³-hybridized carbons (Fsp3) is 0.182. The van der Waals surface area contributed by atoms with Crippen molar-refractivity contribution in [3.05, 3.63) is 59.3 Å². The second-order valence-corrected chi connectivity index (χ2v) is 6.61. The Bertz CT molecular complexity index is 1180. The first-order valence-electron chi connectivity index (χ1n) is 9.40. The van der Waals surface area contributed by atoms with Crippen LogP contribution in [0.25, 0.3) is 11.3 Å². The van der Waals surface area contributed by atoms with Crippen LogP contribution < -0.4 is 21.1 Å². The van der Waals surface area contributed by atoms with Crippen molar-refractivity contribution in [3.63, 3.8) is 0 Å². The van der Waals surface area contributed by atoms with Crippen LogP contribution in [0.5, 0.6) is 5.75 Å². The molecule has 7 nitrogen and oxygen atoms in total. The minimum absolute atomic E-state index is 0.0625. The molecule has 3 aromatic rings. The van der Waals surface area contributed by atoms with Crippen molar-refractivity contribution in [2.45, 2.75) is 6.42 Å². The van der Waals surface area contributed by atoms with Gasteiger partial charge in [-0.05, 0) is 18.2 Å². The molecule has 5 N–H and O–H groups in total. The van der Waals surface area contributed by atoms with E-state index in [1.165, 1.54) is 13.2 Å². The summed E-state index contributed by atoms with van der Waals surface area (Å²) in [5.41, 5.74) is 9.81. The molecule has 2 aromatic heterocycles. The molecule has 152 valence electrons. The first kappa shape index (κ1) is 19.5. The number of H-pyrrole nitrogens is 1. The highest BCUT2D eigenvalue weighted by Gasteiger charge is 2.28. The van der Waals surface area contributed by atoms with Gasteiger partial charge in [-0.15, -0.1) is 0 Å². The Balaban J connectivity index is 1.92. The first-order valence-corrected chi connectivity index (χ1v) is 9.40. The lowest BCUT2D eigenvalue weighted by atomic mass is 10.0. The van der Waals surface area contributed by atoms with Gasteiger partial charge in [-0.1, -0.05) is 17.9 Å². The molecule has 0 unspecified atom stereocenters. The van der Waals surface area contributed by atoms with Crippen LogP contribution in [0.4, 0.5) is 15.8 Å². The summed E-state index contributed by atoms with van der Waals surface area (Å²) in [7, 11) is 1.40. The topological polar surface area (TPSA) is 105 Å². The van der Waals surface area contributed by atoms with E-state index in [9.17, 15) is 9.18 Å². The number of aromatic amines is 1. The number of carbonyl (C=O) groups excluding carboxylic acids is 1. The molecule has 3 heterocycles. The van der Waals surface area contributed by atoms with E-state index >= 15 is 0 Å². The van der Waals surface area contributed by atoms with Crippen LogP contribution in [0.2, 0.25) is 0 Å². The highest BCUT2D eigenvalue weighted by molar-refractivity contribution is 6.06. The fourth-order valence-corrected chi connectivity index (χ4v) is 3.51. The second kappa shape index (κ2) is 8.27. The Kier molecular flexibility index (Phi) is 5.37. The van der Waals surface area contributed by atoms with Gasteiger partial charge in [-0.25, -0.2) is 4.39 Å². The van der Waals surface area contributed by atoms with Crippen LogP contribution in [0, 0.1) is 17.7 Å². The lowest BCUT2D eigenvalue weighted by Gasteiger charge is -2.16. The lowest BCUT2D eigenvalue weighted by Crippen LogP contribution is -2.31. The Labute approximate surface area is 172 Å². The number of methoxy groups -OCH3 is 1. The number of nitrogens with one attached hydrogen (secondary N) is 3. The van der Waals surface area contributed by atoms with Crippen LogP contribution in [-0.2, 0) is 6.42 Å². The number of aromatic nitrogens is 2. The van der Waals surface area contributed by atoms with Gasteiger partial charge in [-0.3, -0.25) is 9.78 Å². The second-order valence-electron chi connectivity index (χ2n) is 6.61. The van der Waals surface area contributed by atoms with E-state index in [1.807, 2.05) is 6.07 Å². The highest BCUT2D eigenvalue weighted by atomic mass is 19.1. The molecule has 0 bridgehead atoms. The molecule has 30 heavy (non-hydrogen) atoms. The van der Waals surface area contributed by atoms with Gasteiger partial charge < -0.3 is 26.1 Å². The summed E-state index contributed by atoms with van der Waals surface area (Å²) < 4.78 is 19.5. The average molecular weight is 405 g/mol. The molecule has 1 aliphatic heterocycles. The highest BCUT2D eigenvalue weighted by Crippen LogP contribution is 2.40. The van der Waals surface area contributed by atoms with Crippen molar-refractivity contribution in [1.82, 2.24) is 15.3 Å². The van der Waals surface area contributed by atoms with Crippen LogP contribution >= 0.6 is 0 Å². The van der Waals surface area contributed by atoms with Crippen molar-refractivity contribution >= 4 is 17.3 Å². The number of amides is 1. The van der Waals surface area contributed by atoms with Crippen LogP contribution in [0.1, 0.15) is 21.6 Å². The minimum atomic E-state index is -0.503. The van der Waals surface area contributed by atoms with E-state index in [2.05, 4.69) is 32.4 Å². The number of ether oxygens (including phenoxy) is 1. The standard InChI is InChI=1S/C22H20FN5O2/c1-30-21-15(23)5-2-6-17(21)28-20-18-16(8-11-26-22(18)29)27-19(20)14-7-10-25-12-13(14)4-3-9-24/h2,5-7,10,12,27-28H,8-9,11,24H2,1H3,(H,26,29). The number of hydrogen-bond donors (Lipinski definition) is 4. The monoisotopic (exact) mass is 405 g/mol. The zero-order chi connectivity index (χ0) is 21.1. The van der Waals surface area contributed by atoms with Crippen LogP contribution in [0.15, 0.2) is 36.7 Å². The summed E-state index contributed by atoms with van der Waals surface area (Å²) in [5, 5.41) is 6.06. The minimum Gasteiger partial charge on any atom is -0.492 e. The van der Waals surface area contributed by atoms with Gasteiger partial charge in [0.05, 0.1) is 41.9 Å². The number of para-hydroxylation sites is 1. The fourth-order valence-electron chi connectivity index (χ4n) is 3.51. The molecule has 0 radical (unpaired) electrons. The van der Waals surface area contributed by atoms with Crippen molar-refractivity contribution in [2.24, 2.45) is 5.73 Å². The number of nitrogens with two attached hydrogens (primary N) is 1. The lowest BCUT2D eigenvalue weighted by molar-refractivity contribution is 0.0947.